The van der Waals surface area contributed by atoms with E-state index in [4.69, 9.17) is 4.52 Å². The largest absolute Gasteiger partial charge is 0.417 e. The molecule has 0 saturated carbocycles. The summed E-state index contributed by atoms with van der Waals surface area (Å²) < 4.78 is 42.5. The van der Waals surface area contributed by atoms with Crippen LogP contribution in [0.25, 0.3) is 0 Å². The number of anilines is 1. The summed E-state index contributed by atoms with van der Waals surface area (Å²) in [6, 6.07) is 4.24. The summed E-state index contributed by atoms with van der Waals surface area (Å²) >= 11 is 0. The Morgan fingerprint density at radius 3 is 2.57 bits per heavy atom. The maximum Gasteiger partial charge on any atom is 0.417 e. The number of guanidine groups is 1. The predicted octanol–water partition coefficient (Wildman–Crippen LogP) is 2.28. The van der Waals surface area contributed by atoms with Gasteiger partial charge in [-0.15, -0.1) is 0 Å². The normalized spacial score (nSPS) is 16.0. The summed E-state index contributed by atoms with van der Waals surface area (Å²) in [7, 11) is 1.76. The first-order valence-corrected chi connectivity index (χ1v) is 9.80. The molecule has 2 N–H and O–H groups in total. The SMILES string of the molecule is CN=C(NCCCNc1ccc(C(F)(F)F)cn1)N1CCN(Cc2ccon2)CC1. The van der Waals surface area contributed by atoms with E-state index in [-0.39, 0.29) is 0 Å². The van der Waals surface area contributed by atoms with E-state index in [2.05, 4.69) is 35.6 Å². The zero-order valence-electron chi connectivity index (χ0n) is 16.8. The number of nitrogens with zero attached hydrogens (tertiary/aromatic N) is 5. The molecule has 30 heavy (non-hydrogen) atoms. The Bertz CT molecular complexity index is 785. The summed E-state index contributed by atoms with van der Waals surface area (Å²) in [6.07, 6.45) is -1.18. The van der Waals surface area contributed by atoms with Gasteiger partial charge in [0.2, 0.25) is 0 Å². The van der Waals surface area contributed by atoms with Gasteiger partial charge in [0, 0.05) is 65.1 Å². The number of piperazine rings is 1. The molecule has 0 atom stereocenters. The fourth-order valence-electron chi connectivity index (χ4n) is 3.17. The van der Waals surface area contributed by atoms with Gasteiger partial charge in [-0.25, -0.2) is 4.98 Å². The van der Waals surface area contributed by atoms with E-state index >= 15 is 0 Å². The van der Waals surface area contributed by atoms with Crippen molar-refractivity contribution in [3.63, 3.8) is 0 Å². The fraction of sp³-hybridized carbons (Fsp3) is 0.526. The van der Waals surface area contributed by atoms with Gasteiger partial charge in [-0.3, -0.25) is 9.89 Å². The van der Waals surface area contributed by atoms with Crippen LogP contribution in [0.2, 0.25) is 0 Å². The predicted molar refractivity (Wildman–Crippen MR) is 107 cm³/mol. The number of pyridine rings is 1. The summed E-state index contributed by atoms with van der Waals surface area (Å²) in [6.45, 7) is 5.62. The molecule has 3 heterocycles. The number of hydrogen-bond donors (Lipinski definition) is 2. The van der Waals surface area contributed by atoms with Crippen molar-refractivity contribution >= 4 is 11.8 Å². The van der Waals surface area contributed by atoms with Gasteiger partial charge in [-0.2, -0.15) is 13.2 Å². The van der Waals surface area contributed by atoms with Crippen molar-refractivity contribution in [1.82, 2.24) is 25.3 Å². The Kier molecular flexibility index (Phi) is 7.50. The molecule has 2 aromatic rings. The molecule has 0 amide bonds. The van der Waals surface area contributed by atoms with Crippen molar-refractivity contribution in [2.24, 2.45) is 4.99 Å². The van der Waals surface area contributed by atoms with Crippen molar-refractivity contribution in [1.29, 1.82) is 0 Å². The van der Waals surface area contributed by atoms with Crippen LogP contribution in [0.15, 0.2) is 40.2 Å². The molecule has 0 unspecified atom stereocenters. The first-order chi connectivity index (χ1) is 14.5. The molecule has 3 rings (SSSR count). The van der Waals surface area contributed by atoms with Crippen LogP contribution in [0, 0.1) is 0 Å². The van der Waals surface area contributed by atoms with Crippen LogP contribution in [-0.4, -0.2) is 72.2 Å². The second kappa shape index (κ2) is 10.3. The van der Waals surface area contributed by atoms with E-state index in [9.17, 15) is 13.2 Å². The third-order valence-electron chi connectivity index (χ3n) is 4.79. The lowest BCUT2D eigenvalue weighted by Crippen LogP contribution is -2.52. The van der Waals surface area contributed by atoms with E-state index in [1.54, 1.807) is 13.3 Å². The van der Waals surface area contributed by atoms with E-state index in [0.717, 1.165) is 63.1 Å². The highest BCUT2D eigenvalue weighted by Crippen LogP contribution is 2.28. The lowest BCUT2D eigenvalue weighted by atomic mass is 10.3. The highest BCUT2D eigenvalue weighted by atomic mass is 19.4. The van der Waals surface area contributed by atoms with Crippen molar-refractivity contribution in [3.8, 4) is 0 Å². The Hall–Kier alpha value is -2.82. The van der Waals surface area contributed by atoms with Crippen LogP contribution >= 0.6 is 0 Å². The van der Waals surface area contributed by atoms with Crippen LogP contribution in [0.3, 0.4) is 0 Å². The van der Waals surface area contributed by atoms with Crippen molar-refractivity contribution in [2.75, 3.05) is 51.6 Å². The first kappa shape index (κ1) is 21.9. The molecule has 0 aliphatic carbocycles. The Labute approximate surface area is 173 Å². The number of nitrogens with one attached hydrogen (secondary N) is 2. The number of rotatable bonds is 7. The molecule has 2 aromatic heterocycles. The Morgan fingerprint density at radius 2 is 1.97 bits per heavy atom. The second-order valence-electron chi connectivity index (χ2n) is 6.94. The maximum absolute atomic E-state index is 12.5. The molecule has 8 nitrogen and oxygen atoms in total. The summed E-state index contributed by atoms with van der Waals surface area (Å²) in [5.41, 5.74) is 0.181. The van der Waals surface area contributed by atoms with Gasteiger partial charge in [0.25, 0.3) is 0 Å². The van der Waals surface area contributed by atoms with E-state index in [1.807, 2.05) is 6.07 Å². The van der Waals surface area contributed by atoms with Crippen LogP contribution in [0.4, 0.5) is 19.0 Å². The summed E-state index contributed by atoms with van der Waals surface area (Å²) in [5.74, 6) is 1.28. The standard InChI is InChI=1S/C19H26F3N7O/c1-23-18(29-10-8-28(9-11-29)14-16-5-12-30-27-16)25-7-2-6-24-17-4-3-15(13-26-17)19(20,21)22/h3-5,12-13H,2,6-11,14H2,1H3,(H,23,25)(H,24,26). The number of hydrogen-bond acceptors (Lipinski definition) is 6. The molecule has 0 bridgehead atoms. The number of aliphatic imine (C=N–C) groups is 1. The minimum Gasteiger partial charge on any atom is -0.370 e. The topological polar surface area (TPSA) is 81.8 Å². The average molecular weight is 425 g/mol. The number of halogens is 3. The van der Waals surface area contributed by atoms with Gasteiger partial charge in [0.05, 0.1) is 11.3 Å². The average Bonchev–Trinajstić information content (AvgIpc) is 3.24. The molecule has 11 heteroatoms. The second-order valence-corrected chi connectivity index (χ2v) is 6.94. The highest BCUT2D eigenvalue weighted by Gasteiger charge is 2.30. The molecule has 1 aliphatic heterocycles. The fourth-order valence-corrected chi connectivity index (χ4v) is 3.17. The van der Waals surface area contributed by atoms with Gasteiger partial charge < -0.3 is 20.1 Å². The molecular formula is C19H26F3N7O. The molecular weight excluding hydrogens is 399 g/mol. The molecule has 1 saturated heterocycles. The number of alkyl halides is 3. The summed E-state index contributed by atoms with van der Waals surface area (Å²) in [4.78, 5) is 12.7. The zero-order valence-corrected chi connectivity index (χ0v) is 16.8. The monoisotopic (exact) mass is 425 g/mol. The minimum atomic E-state index is -4.37. The van der Waals surface area contributed by atoms with Crippen LogP contribution < -0.4 is 10.6 Å². The summed E-state index contributed by atoms with van der Waals surface area (Å²) in [5, 5.41) is 10.3. The molecule has 0 aromatic carbocycles. The smallest absolute Gasteiger partial charge is 0.370 e. The van der Waals surface area contributed by atoms with Crippen molar-refractivity contribution in [3.05, 3.63) is 41.9 Å². The lowest BCUT2D eigenvalue weighted by Gasteiger charge is -2.36. The highest BCUT2D eigenvalue weighted by molar-refractivity contribution is 5.79. The Morgan fingerprint density at radius 1 is 1.17 bits per heavy atom. The third kappa shape index (κ3) is 6.34. The van der Waals surface area contributed by atoms with Gasteiger partial charge in [-0.05, 0) is 18.6 Å². The van der Waals surface area contributed by atoms with E-state index in [0.29, 0.717) is 18.9 Å². The number of aromatic nitrogens is 2. The maximum atomic E-state index is 12.5. The quantitative estimate of drug-likeness (QED) is 0.400. The van der Waals surface area contributed by atoms with Crippen LogP contribution in [0.1, 0.15) is 17.7 Å². The molecule has 164 valence electrons. The minimum absolute atomic E-state index is 0.426. The Balaban J connectivity index is 1.33. The van der Waals surface area contributed by atoms with Crippen LogP contribution in [0.5, 0.6) is 0 Å². The molecule has 0 radical (unpaired) electrons. The zero-order chi connectivity index (χ0) is 21.4. The van der Waals surface area contributed by atoms with Crippen LogP contribution in [-0.2, 0) is 12.7 Å². The molecule has 1 fully saturated rings. The van der Waals surface area contributed by atoms with E-state index < -0.39 is 11.7 Å². The molecule has 1 aliphatic rings. The van der Waals surface area contributed by atoms with Crippen molar-refractivity contribution in [2.45, 2.75) is 19.1 Å². The van der Waals surface area contributed by atoms with E-state index in [1.165, 1.54) is 6.07 Å². The van der Waals surface area contributed by atoms with Gasteiger partial charge in [-0.1, -0.05) is 5.16 Å². The lowest BCUT2D eigenvalue weighted by molar-refractivity contribution is -0.137. The molecule has 0 spiro atoms. The first-order valence-electron chi connectivity index (χ1n) is 9.80. The van der Waals surface area contributed by atoms with Gasteiger partial charge in [0.1, 0.15) is 12.1 Å². The third-order valence-corrected chi connectivity index (χ3v) is 4.79. The van der Waals surface area contributed by atoms with Crippen molar-refractivity contribution < 1.29 is 17.7 Å². The van der Waals surface area contributed by atoms with Gasteiger partial charge >= 0.3 is 6.18 Å². The van der Waals surface area contributed by atoms with Gasteiger partial charge in [0.15, 0.2) is 5.96 Å².